The van der Waals surface area contributed by atoms with E-state index in [-0.39, 0.29) is 12.5 Å². The Bertz CT molecular complexity index is 272. The molecule has 2 N–H and O–H groups in total. The number of likely N-dealkylation sites (N-methyl/N-ethyl adjacent to an activating group) is 1. The second-order valence-electron chi connectivity index (χ2n) is 4.25. The molecule has 0 spiro atoms. The molecule has 0 atom stereocenters. The van der Waals surface area contributed by atoms with Gasteiger partial charge in [0.25, 0.3) is 0 Å². The number of rotatable bonds is 6. The number of hydrogen-bond donors (Lipinski definition) is 2. The molecule has 0 aliphatic rings. The molecule has 0 rings (SSSR count). The van der Waals surface area contributed by atoms with Gasteiger partial charge in [0.05, 0.1) is 27.2 Å². The number of carbonyl (C=O) groups excluding carboxylic acids is 1. The van der Waals surface area contributed by atoms with E-state index in [0.717, 1.165) is 0 Å². The molecule has 0 bridgehead atoms. The molecule has 86 valence electrons. The Labute approximate surface area is 90.0 Å². The fraction of sp³-hybridized carbons (Fsp3) is 0.600. The third-order valence-electron chi connectivity index (χ3n) is 1.95. The van der Waals surface area contributed by atoms with Gasteiger partial charge in [0.15, 0.2) is 6.54 Å². The Morgan fingerprint density at radius 2 is 1.93 bits per heavy atom. The number of amides is 1. The maximum absolute atomic E-state index is 11.1. The van der Waals surface area contributed by atoms with E-state index in [4.69, 9.17) is 5.11 Å². The second-order valence-corrected chi connectivity index (χ2v) is 4.25. The number of carboxylic acid groups (broad SMARTS) is 1. The summed E-state index contributed by atoms with van der Waals surface area (Å²) in [5, 5.41) is 11.3. The van der Waals surface area contributed by atoms with Crippen LogP contribution in [0.3, 0.4) is 0 Å². The van der Waals surface area contributed by atoms with Gasteiger partial charge in [-0.15, -0.1) is 0 Å². The Balaban J connectivity index is 3.89. The summed E-state index contributed by atoms with van der Waals surface area (Å²) in [6.45, 7) is 6.21. The first-order valence-electron chi connectivity index (χ1n) is 4.72. The highest BCUT2D eigenvalue weighted by Crippen LogP contribution is 1.95. The normalized spacial score (nSPS) is 10.9. The third kappa shape index (κ3) is 6.68. The van der Waals surface area contributed by atoms with Crippen molar-refractivity contribution in [3.8, 4) is 0 Å². The minimum Gasteiger partial charge on any atom is -0.477 e. The van der Waals surface area contributed by atoms with Gasteiger partial charge >= 0.3 is 5.97 Å². The molecule has 0 aromatic heterocycles. The van der Waals surface area contributed by atoms with E-state index in [1.54, 1.807) is 21.0 Å². The van der Waals surface area contributed by atoms with Crippen LogP contribution in [0.25, 0.3) is 0 Å². The predicted molar refractivity (Wildman–Crippen MR) is 57.3 cm³/mol. The van der Waals surface area contributed by atoms with Crippen molar-refractivity contribution in [2.75, 3.05) is 33.7 Å². The lowest BCUT2D eigenvalue weighted by Gasteiger charge is -2.27. The van der Waals surface area contributed by atoms with Crippen LogP contribution < -0.4 is 5.32 Å². The standard InChI is InChI=1S/C10H18N2O3/c1-8(2)10(15)11-5-6-12(3,4)7-9(13)14/h1,5-7H2,2-4H3,(H-,11,13,14,15)/p+1. The Kier molecular flexibility index (Phi) is 5.00. The van der Waals surface area contributed by atoms with Crippen LogP contribution in [0.15, 0.2) is 12.2 Å². The van der Waals surface area contributed by atoms with Crippen molar-refractivity contribution in [1.29, 1.82) is 0 Å². The van der Waals surface area contributed by atoms with E-state index < -0.39 is 5.97 Å². The zero-order valence-electron chi connectivity index (χ0n) is 9.54. The van der Waals surface area contributed by atoms with Crippen LogP contribution in [0.4, 0.5) is 0 Å². The molecule has 5 nitrogen and oxygen atoms in total. The van der Waals surface area contributed by atoms with Gasteiger partial charge in [-0.2, -0.15) is 0 Å². The van der Waals surface area contributed by atoms with Crippen molar-refractivity contribution in [3.05, 3.63) is 12.2 Å². The van der Waals surface area contributed by atoms with Gasteiger partial charge in [0.1, 0.15) is 0 Å². The van der Waals surface area contributed by atoms with Gasteiger partial charge in [0, 0.05) is 5.57 Å². The highest BCUT2D eigenvalue weighted by molar-refractivity contribution is 5.92. The number of carbonyl (C=O) groups is 2. The highest BCUT2D eigenvalue weighted by Gasteiger charge is 2.19. The maximum Gasteiger partial charge on any atom is 0.359 e. The van der Waals surface area contributed by atoms with Crippen molar-refractivity contribution < 1.29 is 19.2 Å². The number of carboxylic acids is 1. The molecule has 0 aromatic rings. The predicted octanol–water partition coefficient (Wildman–Crippen LogP) is -0.160. The lowest BCUT2D eigenvalue weighted by Crippen LogP contribution is -2.48. The van der Waals surface area contributed by atoms with Crippen molar-refractivity contribution in [1.82, 2.24) is 5.32 Å². The molecule has 0 unspecified atom stereocenters. The number of aliphatic carboxylic acids is 1. The lowest BCUT2D eigenvalue weighted by molar-refractivity contribution is -0.881. The average Bonchev–Trinajstić information content (AvgIpc) is 2.00. The van der Waals surface area contributed by atoms with E-state index in [9.17, 15) is 9.59 Å². The third-order valence-corrected chi connectivity index (χ3v) is 1.95. The summed E-state index contributed by atoms with van der Waals surface area (Å²) in [7, 11) is 3.61. The Morgan fingerprint density at radius 1 is 1.40 bits per heavy atom. The average molecular weight is 215 g/mol. The van der Waals surface area contributed by atoms with Gasteiger partial charge in [-0.05, 0) is 6.92 Å². The summed E-state index contributed by atoms with van der Waals surface area (Å²) in [6.07, 6.45) is 0. The first-order chi connectivity index (χ1) is 6.74. The van der Waals surface area contributed by atoms with Gasteiger partial charge in [-0.3, -0.25) is 4.79 Å². The molecule has 0 heterocycles. The zero-order valence-corrected chi connectivity index (χ0v) is 9.54. The molecule has 0 aromatic carbocycles. The molecule has 0 saturated heterocycles. The summed E-state index contributed by atoms with van der Waals surface area (Å²) in [6, 6.07) is 0. The minimum absolute atomic E-state index is 0.0446. The van der Waals surface area contributed by atoms with Crippen LogP contribution in [0.5, 0.6) is 0 Å². The second kappa shape index (κ2) is 5.50. The molecule has 1 amide bonds. The van der Waals surface area contributed by atoms with E-state index in [1.807, 2.05) is 0 Å². The molecular weight excluding hydrogens is 196 g/mol. The van der Waals surface area contributed by atoms with Gasteiger partial charge in [-0.25, -0.2) is 4.79 Å². The molecule has 0 fully saturated rings. The van der Waals surface area contributed by atoms with E-state index in [2.05, 4.69) is 11.9 Å². The van der Waals surface area contributed by atoms with Crippen molar-refractivity contribution in [2.24, 2.45) is 0 Å². The van der Waals surface area contributed by atoms with Crippen molar-refractivity contribution in [2.45, 2.75) is 6.92 Å². The van der Waals surface area contributed by atoms with Gasteiger partial charge in [-0.1, -0.05) is 6.58 Å². The molecule has 0 radical (unpaired) electrons. The number of hydrogen-bond acceptors (Lipinski definition) is 2. The zero-order chi connectivity index (χ0) is 12.1. The van der Waals surface area contributed by atoms with Crippen molar-refractivity contribution >= 4 is 11.9 Å². The molecule has 0 aliphatic heterocycles. The summed E-state index contributed by atoms with van der Waals surface area (Å²) in [4.78, 5) is 21.6. The Morgan fingerprint density at radius 3 is 2.33 bits per heavy atom. The summed E-state index contributed by atoms with van der Waals surface area (Å²) >= 11 is 0. The maximum atomic E-state index is 11.1. The number of quaternary nitrogens is 1. The van der Waals surface area contributed by atoms with Crippen LogP contribution in [0.1, 0.15) is 6.92 Å². The minimum atomic E-state index is -0.841. The van der Waals surface area contributed by atoms with E-state index in [0.29, 0.717) is 23.1 Å². The highest BCUT2D eigenvalue weighted by atomic mass is 16.4. The molecular formula is C10H19N2O3+. The number of nitrogens with zero attached hydrogens (tertiary/aromatic N) is 1. The van der Waals surface area contributed by atoms with Gasteiger partial charge in [0.2, 0.25) is 5.91 Å². The van der Waals surface area contributed by atoms with E-state index in [1.165, 1.54) is 0 Å². The van der Waals surface area contributed by atoms with Crippen LogP contribution in [0, 0.1) is 0 Å². The first-order valence-corrected chi connectivity index (χ1v) is 4.72. The Hall–Kier alpha value is -1.36. The van der Waals surface area contributed by atoms with Crippen molar-refractivity contribution in [3.63, 3.8) is 0 Å². The molecule has 0 saturated carbocycles. The molecule has 5 heteroatoms. The van der Waals surface area contributed by atoms with Crippen LogP contribution in [-0.2, 0) is 9.59 Å². The van der Waals surface area contributed by atoms with Gasteiger partial charge < -0.3 is 14.9 Å². The van der Waals surface area contributed by atoms with Crippen LogP contribution in [0.2, 0.25) is 0 Å². The van der Waals surface area contributed by atoms with Crippen LogP contribution in [-0.4, -0.2) is 55.2 Å². The van der Waals surface area contributed by atoms with E-state index >= 15 is 0 Å². The molecule has 15 heavy (non-hydrogen) atoms. The summed E-state index contributed by atoms with van der Waals surface area (Å²) in [5.41, 5.74) is 0.457. The topological polar surface area (TPSA) is 66.4 Å². The quantitative estimate of drug-likeness (QED) is 0.478. The first kappa shape index (κ1) is 13.6. The fourth-order valence-electron chi connectivity index (χ4n) is 1.07. The lowest BCUT2D eigenvalue weighted by atomic mass is 10.3. The fourth-order valence-corrected chi connectivity index (χ4v) is 1.07. The number of nitrogens with one attached hydrogen (secondary N) is 1. The molecule has 0 aliphatic carbocycles. The largest absolute Gasteiger partial charge is 0.477 e. The summed E-state index contributed by atoms with van der Waals surface area (Å²) in [5.74, 6) is -1.03. The van der Waals surface area contributed by atoms with Crippen LogP contribution >= 0.6 is 0 Å². The monoisotopic (exact) mass is 215 g/mol. The SMILES string of the molecule is C=C(C)C(=O)NCC[N+](C)(C)CC(=O)O. The smallest absolute Gasteiger partial charge is 0.359 e. The summed E-state index contributed by atoms with van der Waals surface area (Å²) < 4.78 is 0.339.